The summed E-state index contributed by atoms with van der Waals surface area (Å²) in [6.07, 6.45) is 2.12. The molecule has 0 unspecified atom stereocenters. The van der Waals surface area contributed by atoms with E-state index in [1.54, 1.807) is 23.6 Å². The van der Waals surface area contributed by atoms with Gasteiger partial charge in [-0.25, -0.2) is 8.42 Å². The van der Waals surface area contributed by atoms with E-state index in [1.165, 1.54) is 18.2 Å². The van der Waals surface area contributed by atoms with E-state index in [-0.39, 0.29) is 15.5 Å². The van der Waals surface area contributed by atoms with E-state index in [2.05, 4.69) is 20.9 Å². The molecule has 4 N–H and O–H groups in total. The van der Waals surface area contributed by atoms with E-state index in [4.69, 9.17) is 12.2 Å². The van der Waals surface area contributed by atoms with Gasteiger partial charge in [0.05, 0.1) is 11.3 Å². The second-order valence-corrected chi connectivity index (χ2v) is 8.68. The number of nitrogens with one attached hydrogen (secondary N) is 4. The molecule has 10 heteroatoms. The quantitative estimate of drug-likeness (QED) is 0.455. The highest BCUT2D eigenvalue weighted by Crippen LogP contribution is 2.22. The van der Waals surface area contributed by atoms with Crippen molar-refractivity contribution in [3.05, 3.63) is 47.3 Å². The summed E-state index contributed by atoms with van der Waals surface area (Å²) in [6.45, 7) is 0. The molecular formula is C15H16N4O3S3. The number of thiocarbonyl (C=S) groups is 1. The topological polar surface area (TPSA) is 99.3 Å². The summed E-state index contributed by atoms with van der Waals surface area (Å²) in [6, 6.07) is 9.87. The van der Waals surface area contributed by atoms with Crippen LogP contribution in [0.3, 0.4) is 0 Å². The molecule has 1 aliphatic carbocycles. The van der Waals surface area contributed by atoms with Crippen molar-refractivity contribution in [3.63, 3.8) is 0 Å². The number of carbonyl (C=O) groups excluding carboxylic acids is 1. The van der Waals surface area contributed by atoms with Crippen molar-refractivity contribution in [2.75, 3.05) is 4.72 Å². The lowest BCUT2D eigenvalue weighted by atomic mass is 10.2. The SMILES string of the molecule is O=C(NNC(=S)NC1CC1)c1ccccc1NS(=O)(=O)c1cccs1. The number of hydrazine groups is 1. The number of para-hydroxylation sites is 1. The Morgan fingerprint density at radius 2 is 1.88 bits per heavy atom. The molecular weight excluding hydrogens is 380 g/mol. The maximum atomic E-state index is 12.4. The Kier molecular flexibility index (Phi) is 5.21. The van der Waals surface area contributed by atoms with Crippen LogP contribution in [-0.2, 0) is 10.0 Å². The molecule has 1 amide bonds. The van der Waals surface area contributed by atoms with Crippen LogP contribution >= 0.6 is 23.6 Å². The van der Waals surface area contributed by atoms with Gasteiger partial charge in [-0.2, -0.15) is 0 Å². The van der Waals surface area contributed by atoms with Crippen LogP contribution < -0.4 is 20.9 Å². The van der Waals surface area contributed by atoms with E-state index < -0.39 is 15.9 Å². The van der Waals surface area contributed by atoms with Crippen LogP contribution in [0.4, 0.5) is 5.69 Å². The van der Waals surface area contributed by atoms with Gasteiger partial charge in [0, 0.05) is 6.04 Å². The van der Waals surface area contributed by atoms with Crippen molar-refractivity contribution >= 4 is 50.3 Å². The van der Waals surface area contributed by atoms with Gasteiger partial charge in [-0.3, -0.25) is 20.4 Å². The van der Waals surface area contributed by atoms with Gasteiger partial charge < -0.3 is 5.32 Å². The van der Waals surface area contributed by atoms with Crippen molar-refractivity contribution in [3.8, 4) is 0 Å². The van der Waals surface area contributed by atoms with Crippen LogP contribution in [-0.4, -0.2) is 25.5 Å². The molecule has 1 saturated carbocycles. The average Bonchev–Trinajstić information content (AvgIpc) is 3.20. The molecule has 3 rings (SSSR count). The summed E-state index contributed by atoms with van der Waals surface area (Å²) in [4.78, 5) is 12.4. The van der Waals surface area contributed by atoms with Gasteiger partial charge in [0.25, 0.3) is 15.9 Å². The van der Waals surface area contributed by atoms with Crippen molar-refractivity contribution in [2.45, 2.75) is 23.1 Å². The highest BCUT2D eigenvalue weighted by molar-refractivity contribution is 7.94. The molecule has 0 spiro atoms. The average molecular weight is 397 g/mol. The molecule has 25 heavy (non-hydrogen) atoms. The number of anilines is 1. The van der Waals surface area contributed by atoms with E-state index in [0.29, 0.717) is 11.2 Å². The molecule has 132 valence electrons. The molecule has 0 saturated heterocycles. The van der Waals surface area contributed by atoms with Gasteiger partial charge in [0.15, 0.2) is 5.11 Å². The number of rotatable bonds is 5. The minimum absolute atomic E-state index is 0.177. The predicted octanol–water partition coefficient (Wildman–Crippen LogP) is 1.82. The number of carbonyl (C=O) groups is 1. The molecule has 7 nitrogen and oxygen atoms in total. The lowest BCUT2D eigenvalue weighted by Crippen LogP contribution is -2.47. The molecule has 1 fully saturated rings. The molecule has 2 aromatic rings. The van der Waals surface area contributed by atoms with Crippen LogP contribution in [0.15, 0.2) is 46.0 Å². The number of hydrogen-bond acceptors (Lipinski definition) is 5. The molecule has 0 bridgehead atoms. The Morgan fingerprint density at radius 1 is 1.12 bits per heavy atom. The van der Waals surface area contributed by atoms with E-state index in [1.807, 2.05) is 0 Å². The van der Waals surface area contributed by atoms with Crippen molar-refractivity contribution in [1.29, 1.82) is 0 Å². The van der Waals surface area contributed by atoms with E-state index in [9.17, 15) is 13.2 Å². The van der Waals surface area contributed by atoms with Gasteiger partial charge in [0.2, 0.25) is 0 Å². The Morgan fingerprint density at radius 3 is 2.56 bits per heavy atom. The fourth-order valence-corrected chi connectivity index (χ4v) is 4.30. The fourth-order valence-electron chi connectivity index (χ4n) is 2.01. The first kappa shape index (κ1) is 17.6. The third-order valence-electron chi connectivity index (χ3n) is 3.38. The minimum atomic E-state index is -3.73. The fraction of sp³-hybridized carbons (Fsp3) is 0.200. The van der Waals surface area contributed by atoms with E-state index >= 15 is 0 Å². The van der Waals surface area contributed by atoms with Gasteiger partial charge in [-0.15, -0.1) is 11.3 Å². The van der Waals surface area contributed by atoms with Gasteiger partial charge in [0.1, 0.15) is 4.21 Å². The molecule has 1 aliphatic rings. The molecule has 0 aliphatic heterocycles. The number of hydrogen-bond donors (Lipinski definition) is 4. The van der Waals surface area contributed by atoms with Crippen molar-refractivity contribution in [2.24, 2.45) is 0 Å². The van der Waals surface area contributed by atoms with Crippen molar-refractivity contribution < 1.29 is 13.2 Å². The van der Waals surface area contributed by atoms with Crippen LogP contribution in [0.2, 0.25) is 0 Å². The van der Waals surface area contributed by atoms with E-state index in [0.717, 1.165) is 24.2 Å². The highest BCUT2D eigenvalue weighted by Gasteiger charge is 2.22. The third kappa shape index (κ3) is 4.68. The first-order valence-electron chi connectivity index (χ1n) is 7.48. The molecule has 0 radical (unpaired) electrons. The number of amides is 1. The Bertz CT molecular complexity index is 877. The Balaban J connectivity index is 1.69. The van der Waals surface area contributed by atoms with Gasteiger partial charge in [-0.1, -0.05) is 18.2 Å². The third-order valence-corrected chi connectivity index (χ3v) is 6.36. The van der Waals surface area contributed by atoms with Crippen molar-refractivity contribution in [1.82, 2.24) is 16.2 Å². The smallest absolute Gasteiger partial charge is 0.271 e. The minimum Gasteiger partial charge on any atom is -0.359 e. The lowest BCUT2D eigenvalue weighted by Gasteiger charge is -2.14. The van der Waals surface area contributed by atoms with Gasteiger partial charge in [-0.05, 0) is 48.6 Å². The maximum Gasteiger partial charge on any atom is 0.271 e. The Hall–Kier alpha value is -2.17. The molecule has 1 heterocycles. The number of sulfonamides is 1. The lowest BCUT2D eigenvalue weighted by molar-refractivity contribution is 0.0944. The zero-order valence-electron chi connectivity index (χ0n) is 13.0. The summed E-state index contributed by atoms with van der Waals surface area (Å²) in [5.74, 6) is -0.496. The largest absolute Gasteiger partial charge is 0.359 e. The first-order valence-corrected chi connectivity index (χ1v) is 10.2. The highest BCUT2D eigenvalue weighted by atomic mass is 32.2. The van der Waals surface area contributed by atoms with Gasteiger partial charge >= 0.3 is 0 Å². The predicted molar refractivity (Wildman–Crippen MR) is 101 cm³/mol. The molecule has 1 aromatic heterocycles. The normalized spacial score (nSPS) is 13.8. The number of benzene rings is 1. The Labute approximate surface area is 154 Å². The molecule has 0 atom stereocenters. The summed E-state index contributed by atoms with van der Waals surface area (Å²) in [7, 11) is -3.73. The summed E-state index contributed by atoms with van der Waals surface area (Å²) in [5, 5.41) is 5.03. The first-order chi connectivity index (χ1) is 12.0. The van der Waals surface area contributed by atoms with Crippen LogP contribution in [0.25, 0.3) is 0 Å². The zero-order valence-corrected chi connectivity index (χ0v) is 15.4. The second-order valence-electron chi connectivity index (χ2n) is 5.41. The number of thiophene rings is 1. The van der Waals surface area contributed by atoms with Crippen LogP contribution in [0.1, 0.15) is 23.2 Å². The summed E-state index contributed by atoms with van der Waals surface area (Å²) < 4.78 is 27.3. The zero-order chi connectivity index (χ0) is 17.9. The molecule has 1 aromatic carbocycles. The van der Waals surface area contributed by atoms with Crippen LogP contribution in [0, 0.1) is 0 Å². The standard InChI is InChI=1S/C15H16N4O3S3/c20-14(17-18-15(23)16-10-7-8-10)11-4-1-2-5-12(11)19-25(21,22)13-6-3-9-24-13/h1-6,9-10,19H,7-8H2,(H,17,20)(H2,16,18,23). The monoisotopic (exact) mass is 396 g/mol. The second kappa shape index (κ2) is 7.38. The van der Waals surface area contributed by atoms with Crippen LogP contribution in [0.5, 0.6) is 0 Å². The summed E-state index contributed by atoms with van der Waals surface area (Å²) >= 11 is 6.17. The maximum absolute atomic E-state index is 12.4. The summed E-state index contributed by atoms with van der Waals surface area (Å²) in [5.41, 5.74) is 5.46.